The molecule has 0 saturated heterocycles. The quantitative estimate of drug-likeness (QED) is 0.270. The van der Waals surface area contributed by atoms with E-state index in [1.165, 1.54) is 18.2 Å². The van der Waals surface area contributed by atoms with Crippen LogP contribution in [0, 0.1) is 5.92 Å². The third-order valence-electron chi connectivity index (χ3n) is 5.35. The number of esters is 1. The van der Waals surface area contributed by atoms with Gasteiger partial charge in [0.2, 0.25) is 5.91 Å². The van der Waals surface area contributed by atoms with Crippen molar-refractivity contribution < 1.29 is 26.9 Å². The zero-order valence-corrected chi connectivity index (χ0v) is 20.1. The first kappa shape index (κ1) is 24.8. The molecule has 1 fully saturated rings. The minimum atomic E-state index is -4.25. The van der Waals surface area contributed by atoms with Crippen molar-refractivity contribution in [3.8, 4) is 5.75 Å². The molecule has 0 spiro atoms. The van der Waals surface area contributed by atoms with Gasteiger partial charge in [-0.2, -0.15) is 8.42 Å². The van der Waals surface area contributed by atoms with Crippen LogP contribution in [0.1, 0.15) is 62.4 Å². The highest BCUT2D eigenvalue weighted by atomic mass is 32.2. The first-order chi connectivity index (χ1) is 15.7. The molecule has 0 N–H and O–H groups in total. The number of hydrogen-bond donors (Lipinski definition) is 0. The number of ether oxygens (including phenoxy) is 1. The normalized spacial score (nSPS) is 13.6. The van der Waals surface area contributed by atoms with E-state index in [9.17, 15) is 18.0 Å². The Kier molecular flexibility index (Phi) is 8.13. The topological polar surface area (TPSA) is 90.0 Å². The summed E-state index contributed by atoms with van der Waals surface area (Å²) in [6.45, 7) is 6.44. The van der Waals surface area contributed by atoms with Crippen LogP contribution >= 0.6 is 0 Å². The molecule has 0 unspecified atom stereocenters. The predicted molar refractivity (Wildman–Crippen MR) is 124 cm³/mol. The molecule has 0 heterocycles. The highest BCUT2D eigenvalue weighted by Crippen LogP contribution is 2.30. The molecule has 1 aliphatic carbocycles. The van der Waals surface area contributed by atoms with E-state index >= 15 is 0 Å². The second-order valence-corrected chi connectivity index (χ2v) is 10.0. The van der Waals surface area contributed by atoms with E-state index in [0.717, 1.165) is 24.8 Å². The van der Waals surface area contributed by atoms with E-state index in [4.69, 9.17) is 8.92 Å². The lowest BCUT2D eigenvalue weighted by Gasteiger charge is -2.24. The molecule has 0 atom stereocenters. The standard InChI is InChI=1S/C25H31NO6S/c1-4-5-16-31-25(28)22-8-6-7-9-23(22)33(29,30)32-21-14-10-19(11-15-21)17-26(20-12-13-20)24(27)18(2)3/h6-11,14-15,18,20H,4-5,12-13,16-17H2,1-3H3. The fourth-order valence-corrected chi connectivity index (χ4v) is 4.48. The van der Waals surface area contributed by atoms with Crippen LogP contribution in [0.4, 0.5) is 0 Å². The summed E-state index contributed by atoms with van der Waals surface area (Å²) in [6, 6.07) is 12.7. The van der Waals surface area contributed by atoms with Crippen molar-refractivity contribution in [1.29, 1.82) is 0 Å². The highest BCUT2D eigenvalue weighted by Gasteiger charge is 2.33. The average Bonchev–Trinajstić information content (AvgIpc) is 3.63. The van der Waals surface area contributed by atoms with E-state index in [0.29, 0.717) is 13.0 Å². The summed E-state index contributed by atoms with van der Waals surface area (Å²) in [7, 11) is -4.25. The lowest BCUT2D eigenvalue weighted by molar-refractivity contribution is -0.135. The van der Waals surface area contributed by atoms with Gasteiger partial charge < -0.3 is 13.8 Å². The Labute approximate surface area is 195 Å². The number of rotatable bonds is 11. The minimum absolute atomic E-state index is 0.0579. The van der Waals surface area contributed by atoms with Crippen LogP contribution in [-0.4, -0.2) is 37.8 Å². The summed E-state index contributed by atoms with van der Waals surface area (Å²) in [5.74, 6) is -0.535. The largest absolute Gasteiger partial charge is 0.462 e. The lowest BCUT2D eigenvalue weighted by Crippen LogP contribution is -2.35. The summed E-state index contributed by atoms with van der Waals surface area (Å²) in [6.07, 6.45) is 3.58. The van der Waals surface area contributed by atoms with Gasteiger partial charge in [-0.05, 0) is 49.1 Å². The van der Waals surface area contributed by atoms with Gasteiger partial charge >= 0.3 is 16.1 Å². The molecule has 0 radical (unpaired) electrons. The molecule has 3 rings (SSSR count). The molecular weight excluding hydrogens is 442 g/mol. The zero-order chi connectivity index (χ0) is 24.0. The second-order valence-electron chi connectivity index (χ2n) is 8.52. The minimum Gasteiger partial charge on any atom is -0.462 e. The van der Waals surface area contributed by atoms with Gasteiger partial charge in [0.1, 0.15) is 10.6 Å². The van der Waals surface area contributed by atoms with Crippen LogP contribution in [0.15, 0.2) is 53.4 Å². The third-order valence-corrected chi connectivity index (χ3v) is 6.66. The predicted octanol–water partition coefficient (Wildman–Crippen LogP) is 4.56. The molecule has 1 saturated carbocycles. The van der Waals surface area contributed by atoms with Crippen molar-refractivity contribution in [2.24, 2.45) is 5.92 Å². The summed E-state index contributed by atoms with van der Waals surface area (Å²) in [4.78, 5) is 26.5. The molecule has 0 aromatic heterocycles. The van der Waals surface area contributed by atoms with Crippen molar-refractivity contribution >= 4 is 22.0 Å². The van der Waals surface area contributed by atoms with Crippen LogP contribution in [-0.2, 0) is 26.2 Å². The van der Waals surface area contributed by atoms with Crippen molar-refractivity contribution in [2.45, 2.75) is 63.9 Å². The van der Waals surface area contributed by atoms with E-state index in [1.54, 1.807) is 30.3 Å². The molecule has 8 heteroatoms. The Bertz CT molecular complexity index is 1070. The van der Waals surface area contributed by atoms with Gasteiger partial charge in [0.05, 0.1) is 12.2 Å². The van der Waals surface area contributed by atoms with E-state index in [-0.39, 0.29) is 40.7 Å². The van der Waals surface area contributed by atoms with E-state index < -0.39 is 16.1 Å². The summed E-state index contributed by atoms with van der Waals surface area (Å²) >= 11 is 0. The Morgan fingerprint density at radius 2 is 1.73 bits per heavy atom. The smallest absolute Gasteiger partial charge is 0.340 e. The number of hydrogen-bond acceptors (Lipinski definition) is 6. The van der Waals surface area contributed by atoms with Gasteiger partial charge in [-0.15, -0.1) is 0 Å². The monoisotopic (exact) mass is 473 g/mol. The van der Waals surface area contributed by atoms with Crippen LogP contribution in [0.2, 0.25) is 0 Å². The van der Waals surface area contributed by atoms with Crippen LogP contribution in [0.5, 0.6) is 5.75 Å². The maximum atomic E-state index is 12.9. The Hall–Kier alpha value is -2.87. The van der Waals surface area contributed by atoms with Crippen LogP contribution < -0.4 is 4.18 Å². The molecule has 0 aliphatic heterocycles. The fraction of sp³-hybridized carbons (Fsp3) is 0.440. The maximum Gasteiger partial charge on any atom is 0.340 e. The molecule has 2 aromatic rings. The number of unbranched alkanes of at least 4 members (excludes halogenated alkanes) is 1. The Morgan fingerprint density at radius 1 is 1.06 bits per heavy atom. The zero-order valence-electron chi connectivity index (χ0n) is 19.3. The molecule has 7 nitrogen and oxygen atoms in total. The third kappa shape index (κ3) is 6.57. The first-order valence-corrected chi connectivity index (χ1v) is 12.7. The number of amides is 1. The van der Waals surface area contributed by atoms with Gasteiger partial charge in [0, 0.05) is 18.5 Å². The van der Waals surface area contributed by atoms with Crippen molar-refractivity contribution in [3.05, 3.63) is 59.7 Å². The number of benzene rings is 2. The van der Waals surface area contributed by atoms with E-state index in [1.807, 2.05) is 25.7 Å². The summed E-state index contributed by atoms with van der Waals surface area (Å²) < 4.78 is 36.3. The molecular formula is C25H31NO6S. The first-order valence-electron chi connectivity index (χ1n) is 11.3. The van der Waals surface area contributed by atoms with Crippen LogP contribution in [0.3, 0.4) is 0 Å². The lowest BCUT2D eigenvalue weighted by atomic mass is 10.1. The molecule has 33 heavy (non-hydrogen) atoms. The fourth-order valence-electron chi connectivity index (χ4n) is 3.36. The summed E-state index contributed by atoms with van der Waals surface area (Å²) in [5.41, 5.74) is 0.832. The molecule has 1 amide bonds. The number of carbonyl (C=O) groups is 2. The molecule has 0 bridgehead atoms. The molecule has 1 aliphatic rings. The van der Waals surface area contributed by atoms with Gasteiger partial charge in [-0.3, -0.25) is 4.79 Å². The van der Waals surface area contributed by atoms with Crippen molar-refractivity contribution in [2.75, 3.05) is 6.61 Å². The maximum absolute atomic E-state index is 12.9. The summed E-state index contributed by atoms with van der Waals surface area (Å²) in [5, 5.41) is 0. The van der Waals surface area contributed by atoms with Gasteiger partial charge in [-0.1, -0.05) is 51.5 Å². The Balaban J connectivity index is 1.72. The molecule has 178 valence electrons. The Morgan fingerprint density at radius 3 is 2.33 bits per heavy atom. The second kappa shape index (κ2) is 10.8. The van der Waals surface area contributed by atoms with Crippen molar-refractivity contribution in [3.63, 3.8) is 0 Å². The van der Waals surface area contributed by atoms with Gasteiger partial charge in [-0.25, -0.2) is 4.79 Å². The van der Waals surface area contributed by atoms with Crippen LogP contribution in [0.25, 0.3) is 0 Å². The van der Waals surface area contributed by atoms with Crippen molar-refractivity contribution in [1.82, 2.24) is 4.90 Å². The van der Waals surface area contributed by atoms with Gasteiger partial charge in [0.25, 0.3) is 0 Å². The number of nitrogens with zero attached hydrogens (tertiary/aromatic N) is 1. The molecule has 2 aromatic carbocycles. The van der Waals surface area contributed by atoms with Gasteiger partial charge in [0.15, 0.2) is 0 Å². The average molecular weight is 474 g/mol. The van der Waals surface area contributed by atoms with E-state index in [2.05, 4.69) is 0 Å². The SMILES string of the molecule is CCCCOC(=O)c1ccccc1S(=O)(=O)Oc1ccc(CN(C(=O)C(C)C)C2CC2)cc1. The number of carbonyl (C=O) groups excluding carboxylic acids is 2. The highest BCUT2D eigenvalue weighted by molar-refractivity contribution is 7.87.